The molecule has 38 heavy (non-hydrogen) atoms. The van der Waals surface area contributed by atoms with Crippen LogP contribution in [0.25, 0.3) is 0 Å². The van der Waals surface area contributed by atoms with Crippen LogP contribution in [0.4, 0.5) is 5.69 Å². The second-order valence-electron chi connectivity index (χ2n) is 10.1. The molecule has 0 aliphatic carbocycles. The molecule has 0 saturated heterocycles. The number of aliphatic hydroxyl groups is 1. The van der Waals surface area contributed by atoms with E-state index in [1.807, 2.05) is 20.9 Å². The summed E-state index contributed by atoms with van der Waals surface area (Å²) in [6.07, 6.45) is 5.07. The molecule has 212 valence electrons. The lowest BCUT2D eigenvalue weighted by Gasteiger charge is -2.34. The number of rotatable bonds is 7. The molecule has 0 saturated carbocycles. The predicted molar refractivity (Wildman–Crippen MR) is 145 cm³/mol. The number of benzene rings is 1. The second-order valence-corrected chi connectivity index (χ2v) is 11.7. The van der Waals surface area contributed by atoms with E-state index in [0.29, 0.717) is 25.4 Å². The summed E-state index contributed by atoms with van der Waals surface area (Å²) in [4.78, 5) is 19.5. The number of carbonyl (C=O) groups excluding carboxylic acids is 1. The van der Waals surface area contributed by atoms with E-state index in [2.05, 4.69) is 15.0 Å². The van der Waals surface area contributed by atoms with E-state index in [0.717, 1.165) is 19.3 Å². The van der Waals surface area contributed by atoms with Crippen LogP contribution in [0.3, 0.4) is 0 Å². The summed E-state index contributed by atoms with van der Waals surface area (Å²) in [5, 5.41) is 13.0. The number of amides is 1. The van der Waals surface area contributed by atoms with E-state index in [1.165, 1.54) is 23.2 Å². The first-order valence-electron chi connectivity index (χ1n) is 13.0. The zero-order chi connectivity index (χ0) is 27.9. The van der Waals surface area contributed by atoms with Crippen molar-refractivity contribution < 1.29 is 27.8 Å². The van der Waals surface area contributed by atoms with Crippen molar-refractivity contribution in [1.29, 1.82) is 0 Å². The average Bonchev–Trinajstić information content (AvgIpc) is 3.33. The molecule has 1 aromatic carbocycles. The van der Waals surface area contributed by atoms with Crippen LogP contribution in [0.15, 0.2) is 35.7 Å². The van der Waals surface area contributed by atoms with Crippen LogP contribution in [0.5, 0.6) is 5.75 Å². The maximum Gasteiger partial charge on any atom is 0.280 e. The highest BCUT2D eigenvalue weighted by Crippen LogP contribution is 2.29. The van der Waals surface area contributed by atoms with Gasteiger partial charge in [0, 0.05) is 44.5 Å². The van der Waals surface area contributed by atoms with E-state index in [9.17, 15) is 18.3 Å². The van der Waals surface area contributed by atoms with Gasteiger partial charge in [-0.25, -0.2) is 4.98 Å². The lowest BCUT2D eigenvalue weighted by molar-refractivity contribution is -0.000450. The maximum absolute atomic E-state index is 14.0. The molecule has 0 bridgehead atoms. The largest absolute Gasteiger partial charge is 0.490 e. The zero-order valence-corrected chi connectivity index (χ0v) is 23.7. The minimum Gasteiger partial charge on any atom is -0.490 e. The van der Waals surface area contributed by atoms with E-state index >= 15 is 0 Å². The first kappa shape index (κ1) is 29.9. The zero-order valence-electron chi connectivity index (χ0n) is 22.9. The molecule has 0 fully saturated rings. The fraction of sp³-hybridized carbons (Fsp3) is 0.615. The number of aryl methyl sites for hydroxylation is 1. The molecule has 0 unspecified atom stereocenters. The molecule has 11 nitrogen and oxygen atoms in total. The molecule has 12 heteroatoms. The molecular weight excluding hydrogens is 510 g/mol. The lowest BCUT2D eigenvalue weighted by Crippen LogP contribution is -2.47. The molecule has 2 heterocycles. The van der Waals surface area contributed by atoms with Crippen molar-refractivity contribution in [3.05, 3.63) is 36.3 Å². The van der Waals surface area contributed by atoms with Crippen LogP contribution in [0, 0.1) is 5.92 Å². The Morgan fingerprint density at radius 3 is 2.68 bits per heavy atom. The molecule has 4 atom stereocenters. The maximum atomic E-state index is 14.0. The van der Waals surface area contributed by atoms with Gasteiger partial charge in [-0.05, 0) is 58.4 Å². The third-order valence-electron chi connectivity index (χ3n) is 6.67. The Balaban J connectivity index is 2.02. The molecule has 3 rings (SSSR count). The summed E-state index contributed by atoms with van der Waals surface area (Å²) in [6, 6.07) is 4.19. The fourth-order valence-corrected chi connectivity index (χ4v) is 5.45. The number of fused-ring (bicyclic) bond motifs is 1. The first-order chi connectivity index (χ1) is 18.1. The number of nitrogens with one attached hydrogen (secondary N) is 2. The monoisotopic (exact) mass is 551 g/mol. The molecule has 0 spiro atoms. The summed E-state index contributed by atoms with van der Waals surface area (Å²) in [6.45, 7) is 7.10. The van der Waals surface area contributed by atoms with Gasteiger partial charge in [-0.1, -0.05) is 6.92 Å². The normalized spacial score (nSPS) is 22.7. The molecule has 2 aromatic rings. The van der Waals surface area contributed by atoms with Gasteiger partial charge in [0.1, 0.15) is 5.75 Å². The van der Waals surface area contributed by atoms with Gasteiger partial charge in [0.15, 0.2) is 5.03 Å². The van der Waals surface area contributed by atoms with Crippen molar-refractivity contribution >= 4 is 21.6 Å². The molecular formula is C26H41N5O6S. The van der Waals surface area contributed by atoms with Gasteiger partial charge in [0.25, 0.3) is 15.9 Å². The summed E-state index contributed by atoms with van der Waals surface area (Å²) in [7, 11) is -0.420. The van der Waals surface area contributed by atoms with Gasteiger partial charge in [-0.3, -0.25) is 9.52 Å². The number of hydrogen-bond acceptors (Lipinski definition) is 8. The van der Waals surface area contributed by atoms with Gasteiger partial charge in [-0.15, -0.1) is 0 Å². The first-order valence-corrected chi connectivity index (χ1v) is 14.5. The Morgan fingerprint density at radius 2 is 2.03 bits per heavy atom. The van der Waals surface area contributed by atoms with Crippen LogP contribution in [0.2, 0.25) is 0 Å². The molecule has 1 aliphatic rings. The standard InChI is InChI=1S/C26H41N5O6S/c1-18-14-31(19(2)16-32)26(33)22-12-21(29-38(34,35)25-15-30(5)17-28-25)9-10-23(22)37-20(3)8-6-7-11-36-24(18)13-27-4/h9-10,12,15,17-20,24,27,29,32H,6-8,11,13-14,16H2,1-5H3/t18-,19-,20+,24+/m0/s1. The number of aromatic nitrogens is 2. The number of anilines is 1. The smallest absolute Gasteiger partial charge is 0.280 e. The highest BCUT2D eigenvalue weighted by molar-refractivity contribution is 7.92. The molecule has 1 amide bonds. The van der Waals surface area contributed by atoms with Crippen molar-refractivity contribution in [1.82, 2.24) is 19.8 Å². The average molecular weight is 552 g/mol. The minimum absolute atomic E-state index is 0.0301. The number of sulfonamides is 1. The minimum atomic E-state index is -3.96. The number of hydrogen-bond donors (Lipinski definition) is 3. The SMILES string of the molecule is CNC[C@H]1OCCCC[C@@H](C)Oc2ccc(NS(=O)(=O)c3cn(C)cn3)cc2C(=O)N([C@@H](C)CO)C[C@@H]1C. The Labute approximate surface area is 225 Å². The quantitative estimate of drug-likeness (QED) is 0.477. The van der Waals surface area contributed by atoms with Gasteiger partial charge in [-0.2, -0.15) is 8.42 Å². The Bertz CT molecular complexity index is 1170. The Morgan fingerprint density at radius 1 is 1.26 bits per heavy atom. The predicted octanol–water partition coefficient (Wildman–Crippen LogP) is 2.24. The van der Waals surface area contributed by atoms with Crippen molar-refractivity contribution in [2.75, 3.05) is 38.1 Å². The number of likely N-dealkylation sites (N-methyl/N-ethyl adjacent to an activating group) is 1. The molecule has 3 N–H and O–H groups in total. The van der Waals surface area contributed by atoms with Gasteiger partial charge < -0.3 is 29.4 Å². The highest BCUT2D eigenvalue weighted by Gasteiger charge is 2.30. The van der Waals surface area contributed by atoms with Gasteiger partial charge >= 0.3 is 0 Å². The van der Waals surface area contributed by atoms with E-state index < -0.39 is 16.1 Å². The van der Waals surface area contributed by atoms with Crippen molar-refractivity contribution in [3.8, 4) is 5.75 Å². The summed E-state index contributed by atoms with van der Waals surface area (Å²) < 4.78 is 42.2. The number of aliphatic hydroxyl groups excluding tert-OH is 1. The molecule has 1 aromatic heterocycles. The topological polar surface area (TPSA) is 135 Å². The van der Waals surface area contributed by atoms with Crippen LogP contribution in [-0.4, -0.2) is 85.5 Å². The van der Waals surface area contributed by atoms with Gasteiger partial charge in [0.2, 0.25) is 0 Å². The second kappa shape index (κ2) is 13.4. The summed E-state index contributed by atoms with van der Waals surface area (Å²) in [5.74, 6) is -0.0246. The van der Waals surface area contributed by atoms with E-state index in [1.54, 1.807) is 31.0 Å². The number of ether oxygens (including phenoxy) is 2. The van der Waals surface area contributed by atoms with Gasteiger partial charge in [0.05, 0.1) is 36.7 Å². The van der Waals surface area contributed by atoms with Crippen LogP contribution in [0.1, 0.15) is 50.4 Å². The summed E-state index contributed by atoms with van der Waals surface area (Å²) >= 11 is 0. The molecule has 1 aliphatic heterocycles. The third kappa shape index (κ3) is 7.68. The fourth-order valence-electron chi connectivity index (χ4n) is 4.41. The number of nitrogens with zero attached hydrogens (tertiary/aromatic N) is 3. The van der Waals surface area contributed by atoms with Crippen molar-refractivity contribution in [2.24, 2.45) is 13.0 Å². The van der Waals surface area contributed by atoms with Crippen molar-refractivity contribution in [3.63, 3.8) is 0 Å². The van der Waals surface area contributed by atoms with Crippen LogP contribution >= 0.6 is 0 Å². The third-order valence-corrected chi connectivity index (χ3v) is 7.93. The Kier molecular flexibility index (Phi) is 10.5. The number of imidazole rings is 1. The van der Waals surface area contributed by atoms with E-state index in [4.69, 9.17) is 9.47 Å². The molecule has 0 radical (unpaired) electrons. The summed E-state index contributed by atoms with van der Waals surface area (Å²) in [5.41, 5.74) is 0.426. The van der Waals surface area contributed by atoms with Crippen LogP contribution in [-0.2, 0) is 21.8 Å². The number of carbonyl (C=O) groups is 1. The Hall–Kier alpha value is -2.67. The van der Waals surface area contributed by atoms with E-state index in [-0.39, 0.29) is 46.9 Å². The van der Waals surface area contributed by atoms with Crippen LogP contribution < -0.4 is 14.8 Å². The lowest BCUT2D eigenvalue weighted by atomic mass is 10.0. The highest BCUT2D eigenvalue weighted by atomic mass is 32.2. The van der Waals surface area contributed by atoms with Crippen molar-refractivity contribution in [2.45, 2.75) is 63.3 Å².